The molecule has 5 heteroatoms. The van der Waals surface area contributed by atoms with Crippen LogP contribution in [0.2, 0.25) is 0 Å². The number of hydrogen-bond acceptors (Lipinski definition) is 3. The minimum atomic E-state index is -0.346. The Morgan fingerprint density at radius 3 is 2.76 bits per heavy atom. The number of rotatable bonds is 6. The van der Waals surface area contributed by atoms with Gasteiger partial charge in [0.1, 0.15) is 0 Å². The van der Waals surface area contributed by atoms with Gasteiger partial charge in [-0.1, -0.05) is 28.1 Å². The van der Waals surface area contributed by atoms with Crippen LogP contribution in [0.25, 0.3) is 0 Å². The van der Waals surface area contributed by atoms with Crippen LogP contribution in [0.5, 0.6) is 5.75 Å². The molecule has 1 atom stereocenters. The number of ether oxygens (including phenoxy) is 1. The summed E-state index contributed by atoms with van der Waals surface area (Å²) in [6, 6.07) is 13.1. The van der Waals surface area contributed by atoms with E-state index in [9.17, 15) is 4.39 Å². The average Bonchev–Trinajstić information content (AvgIpc) is 2.45. The Balaban J connectivity index is 1.89. The second-order valence-corrected chi connectivity index (χ2v) is 6.71. The highest BCUT2D eigenvalue weighted by Crippen LogP contribution is 2.23. The van der Waals surface area contributed by atoms with E-state index >= 15 is 0 Å². The molecule has 0 fully saturated rings. The van der Waals surface area contributed by atoms with Crippen LogP contribution in [0.1, 0.15) is 5.56 Å². The fraction of sp³-hybridized carbons (Fsp3) is 0.250. The number of benzene rings is 2. The molecule has 2 N–H and O–H groups in total. The molecule has 21 heavy (non-hydrogen) atoms. The van der Waals surface area contributed by atoms with Crippen LogP contribution >= 0.6 is 27.7 Å². The number of thioether (sulfide) groups is 1. The summed E-state index contributed by atoms with van der Waals surface area (Å²) in [7, 11) is 1.46. The highest BCUT2D eigenvalue weighted by molar-refractivity contribution is 9.10. The van der Waals surface area contributed by atoms with E-state index < -0.39 is 0 Å². The molecule has 0 aliphatic carbocycles. The predicted molar refractivity (Wildman–Crippen MR) is 89.5 cm³/mol. The molecule has 0 saturated carbocycles. The molecular formula is C16H17BrFNOS. The molecule has 112 valence electrons. The molecule has 2 aromatic rings. The summed E-state index contributed by atoms with van der Waals surface area (Å²) in [6.45, 7) is 0. The van der Waals surface area contributed by atoms with E-state index in [-0.39, 0.29) is 17.6 Å². The van der Waals surface area contributed by atoms with E-state index in [0.29, 0.717) is 6.42 Å². The molecule has 0 radical (unpaired) electrons. The number of methoxy groups -OCH3 is 1. The smallest absolute Gasteiger partial charge is 0.165 e. The molecule has 1 unspecified atom stereocenters. The van der Waals surface area contributed by atoms with Gasteiger partial charge in [0.05, 0.1) is 7.11 Å². The lowest BCUT2D eigenvalue weighted by Crippen LogP contribution is -2.25. The van der Waals surface area contributed by atoms with Crippen molar-refractivity contribution in [3.63, 3.8) is 0 Å². The molecular weight excluding hydrogens is 353 g/mol. The quantitative estimate of drug-likeness (QED) is 0.772. The van der Waals surface area contributed by atoms with Crippen LogP contribution in [0.4, 0.5) is 4.39 Å². The first-order valence-electron chi connectivity index (χ1n) is 6.55. The number of nitrogens with two attached hydrogens (primary N) is 1. The Morgan fingerprint density at radius 1 is 1.29 bits per heavy atom. The Kier molecular flexibility index (Phi) is 6.08. The van der Waals surface area contributed by atoms with Crippen molar-refractivity contribution in [3.05, 3.63) is 58.3 Å². The average molecular weight is 370 g/mol. The van der Waals surface area contributed by atoms with Gasteiger partial charge in [0.2, 0.25) is 0 Å². The van der Waals surface area contributed by atoms with Crippen molar-refractivity contribution in [3.8, 4) is 5.75 Å². The summed E-state index contributed by atoms with van der Waals surface area (Å²) in [5.74, 6) is 0.696. The van der Waals surface area contributed by atoms with Gasteiger partial charge < -0.3 is 10.5 Å². The predicted octanol–water partition coefficient (Wildman–Crippen LogP) is 4.26. The van der Waals surface area contributed by atoms with Crippen molar-refractivity contribution in [2.45, 2.75) is 17.4 Å². The second-order valence-electron chi connectivity index (χ2n) is 4.70. The molecule has 0 heterocycles. The van der Waals surface area contributed by atoms with Crippen LogP contribution in [0, 0.1) is 5.82 Å². The van der Waals surface area contributed by atoms with Gasteiger partial charge in [-0.15, -0.1) is 11.8 Å². The zero-order valence-electron chi connectivity index (χ0n) is 11.7. The Labute approximate surface area is 137 Å². The van der Waals surface area contributed by atoms with Crippen LogP contribution in [-0.2, 0) is 6.42 Å². The van der Waals surface area contributed by atoms with Crippen LogP contribution < -0.4 is 10.5 Å². The number of hydrogen-bond donors (Lipinski definition) is 1. The second kappa shape index (κ2) is 7.82. The lowest BCUT2D eigenvalue weighted by molar-refractivity contribution is 0.386. The first-order chi connectivity index (χ1) is 10.1. The summed E-state index contributed by atoms with van der Waals surface area (Å²) >= 11 is 5.15. The van der Waals surface area contributed by atoms with Gasteiger partial charge in [-0.05, 0) is 42.3 Å². The fourth-order valence-electron chi connectivity index (χ4n) is 1.96. The van der Waals surface area contributed by atoms with Crippen molar-refractivity contribution in [2.75, 3.05) is 12.9 Å². The Morgan fingerprint density at radius 2 is 2.10 bits per heavy atom. The van der Waals surface area contributed by atoms with Crippen LogP contribution in [0.3, 0.4) is 0 Å². The first-order valence-corrected chi connectivity index (χ1v) is 8.32. The third-order valence-corrected chi connectivity index (χ3v) is 4.65. The van der Waals surface area contributed by atoms with Gasteiger partial charge >= 0.3 is 0 Å². The van der Waals surface area contributed by atoms with Crippen molar-refractivity contribution in [1.29, 1.82) is 0 Å². The van der Waals surface area contributed by atoms with Gasteiger partial charge in [0, 0.05) is 21.2 Å². The van der Waals surface area contributed by atoms with E-state index in [1.165, 1.54) is 18.1 Å². The minimum Gasteiger partial charge on any atom is -0.494 e. The minimum absolute atomic E-state index is 0.0261. The van der Waals surface area contributed by atoms with E-state index in [0.717, 1.165) is 15.8 Å². The first kappa shape index (κ1) is 16.3. The fourth-order valence-corrected chi connectivity index (χ4v) is 3.42. The summed E-state index contributed by atoms with van der Waals surface area (Å²) in [5, 5.41) is 0. The zero-order valence-corrected chi connectivity index (χ0v) is 14.1. The van der Waals surface area contributed by atoms with Crippen molar-refractivity contribution < 1.29 is 9.13 Å². The zero-order chi connectivity index (χ0) is 15.2. The maximum atomic E-state index is 13.6. The highest BCUT2D eigenvalue weighted by Gasteiger charge is 2.08. The third-order valence-electron chi connectivity index (χ3n) is 2.97. The Bertz CT molecular complexity index is 609. The summed E-state index contributed by atoms with van der Waals surface area (Å²) in [4.78, 5) is 1.17. The van der Waals surface area contributed by atoms with Gasteiger partial charge in [-0.2, -0.15) is 0 Å². The van der Waals surface area contributed by atoms with Crippen molar-refractivity contribution in [2.24, 2.45) is 5.73 Å². The van der Waals surface area contributed by atoms with E-state index in [1.807, 2.05) is 18.2 Å². The molecule has 0 aliphatic rings. The molecule has 0 saturated heterocycles. The molecule has 2 rings (SSSR count). The van der Waals surface area contributed by atoms with Crippen molar-refractivity contribution in [1.82, 2.24) is 0 Å². The van der Waals surface area contributed by atoms with Gasteiger partial charge in [0.15, 0.2) is 11.6 Å². The molecule has 0 bridgehead atoms. The van der Waals surface area contributed by atoms with Crippen LogP contribution in [-0.4, -0.2) is 18.9 Å². The summed E-state index contributed by atoms with van der Waals surface area (Å²) < 4.78 is 19.6. The van der Waals surface area contributed by atoms with Crippen molar-refractivity contribution >= 4 is 27.7 Å². The SMILES string of the molecule is COc1ccc(CC(N)CSc2cccc(Br)c2)cc1F. The van der Waals surface area contributed by atoms with E-state index in [4.69, 9.17) is 10.5 Å². The van der Waals surface area contributed by atoms with E-state index in [1.54, 1.807) is 17.8 Å². The molecule has 2 aromatic carbocycles. The largest absolute Gasteiger partial charge is 0.494 e. The number of halogens is 2. The monoisotopic (exact) mass is 369 g/mol. The van der Waals surface area contributed by atoms with E-state index in [2.05, 4.69) is 28.1 Å². The maximum Gasteiger partial charge on any atom is 0.165 e. The molecule has 0 aromatic heterocycles. The molecule has 0 spiro atoms. The van der Waals surface area contributed by atoms with Crippen LogP contribution in [0.15, 0.2) is 51.8 Å². The van der Waals surface area contributed by atoms with Gasteiger partial charge in [0.25, 0.3) is 0 Å². The topological polar surface area (TPSA) is 35.2 Å². The van der Waals surface area contributed by atoms with Gasteiger partial charge in [-0.3, -0.25) is 0 Å². The molecule has 0 amide bonds. The lowest BCUT2D eigenvalue weighted by Gasteiger charge is -2.12. The molecule has 0 aliphatic heterocycles. The lowest BCUT2D eigenvalue weighted by atomic mass is 10.1. The third kappa shape index (κ3) is 5.02. The normalized spacial score (nSPS) is 12.2. The highest BCUT2D eigenvalue weighted by atomic mass is 79.9. The molecule has 2 nitrogen and oxygen atoms in total. The summed E-state index contributed by atoms with van der Waals surface area (Å²) in [5.41, 5.74) is 7.01. The standard InChI is InChI=1S/C16H17BrFNOS/c1-20-16-6-5-11(8-15(16)18)7-13(19)10-21-14-4-2-3-12(17)9-14/h2-6,8-9,13H,7,10,19H2,1H3. The Hall–Kier alpha value is -1.04. The maximum absolute atomic E-state index is 13.6. The summed E-state index contributed by atoms with van der Waals surface area (Å²) in [6.07, 6.45) is 0.641. The van der Waals surface area contributed by atoms with Gasteiger partial charge in [-0.25, -0.2) is 4.39 Å².